The number of halogens is 1. The molecule has 2 N–H and O–H groups in total. The van der Waals surface area contributed by atoms with Crippen molar-refractivity contribution >= 4 is 17.3 Å². The van der Waals surface area contributed by atoms with Crippen molar-refractivity contribution in [3.05, 3.63) is 53.8 Å². The van der Waals surface area contributed by atoms with E-state index in [9.17, 15) is 9.18 Å². The first-order chi connectivity index (χ1) is 9.51. The summed E-state index contributed by atoms with van der Waals surface area (Å²) in [5, 5.41) is 0. The van der Waals surface area contributed by atoms with Crippen molar-refractivity contribution in [2.75, 3.05) is 24.8 Å². The molecule has 0 aliphatic carbocycles. The topological polar surface area (TPSA) is 55.6 Å². The molecule has 2 aromatic rings. The Hall–Kier alpha value is -2.56. The number of nitrogen functional groups attached to an aromatic ring is 1. The molecule has 104 valence electrons. The SMILES string of the molecule is COc1cc(N)cc(C(=O)N(C)c2ccc(F)cc2)c1. The van der Waals surface area contributed by atoms with Gasteiger partial charge in [-0.1, -0.05) is 0 Å². The van der Waals surface area contributed by atoms with Gasteiger partial charge in [0, 0.05) is 30.1 Å². The van der Waals surface area contributed by atoms with Crippen molar-refractivity contribution in [2.45, 2.75) is 0 Å². The fraction of sp³-hybridized carbons (Fsp3) is 0.133. The first-order valence-electron chi connectivity index (χ1n) is 5.99. The zero-order chi connectivity index (χ0) is 14.7. The summed E-state index contributed by atoms with van der Waals surface area (Å²) in [6, 6.07) is 10.5. The second-order valence-corrected chi connectivity index (χ2v) is 4.34. The standard InChI is InChI=1S/C15H15FN2O2/c1-18(13-5-3-11(16)4-6-13)15(19)10-7-12(17)9-14(8-10)20-2/h3-9H,17H2,1-2H3. The molecule has 4 nitrogen and oxygen atoms in total. The van der Waals surface area contributed by atoms with E-state index >= 15 is 0 Å². The van der Waals surface area contributed by atoms with Gasteiger partial charge in [0.2, 0.25) is 0 Å². The third-order valence-electron chi connectivity index (χ3n) is 2.93. The molecule has 0 heterocycles. The van der Waals surface area contributed by atoms with E-state index < -0.39 is 0 Å². The van der Waals surface area contributed by atoms with Crippen LogP contribution in [0.2, 0.25) is 0 Å². The first-order valence-corrected chi connectivity index (χ1v) is 5.99. The number of ether oxygens (including phenoxy) is 1. The summed E-state index contributed by atoms with van der Waals surface area (Å²) >= 11 is 0. The first kappa shape index (κ1) is 13.9. The molecule has 2 rings (SSSR count). The fourth-order valence-electron chi connectivity index (χ4n) is 1.84. The van der Waals surface area contributed by atoms with Crippen LogP contribution in [0.15, 0.2) is 42.5 Å². The molecule has 0 aromatic heterocycles. The fourth-order valence-corrected chi connectivity index (χ4v) is 1.84. The van der Waals surface area contributed by atoms with Crippen molar-refractivity contribution in [3.8, 4) is 5.75 Å². The number of benzene rings is 2. The highest BCUT2D eigenvalue weighted by Gasteiger charge is 2.15. The number of carbonyl (C=O) groups is 1. The minimum Gasteiger partial charge on any atom is -0.497 e. The Labute approximate surface area is 116 Å². The highest BCUT2D eigenvalue weighted by Crippen LogP contribution is 2.22. The Kier molecular flexibility index (Phi) is 3.89. The lowest BCUT2D eigenvalue weighted by Gasteiger charge is -2.18. The van der Waals surface area contributed by atoms with E-state index in [1.807, 2.05) is 0 Å². The van der Waals surface area contributed by atoms with Crippen molar-refractivity contribution < 1.29 is 13.9 Å². The van der Waals surface area contributed by atoms with Crippen LogP contribution < -0.4 is 15.4 Å². The van der Waals surface area contributed by atoms with Gasteiger partial charge >= 0.3 is 0 Å². The molecule has 0 bridgehead atoms. The predicted octanol–water partition coefficient (Wildman–Crippen LogP) is 2.69. The van der Waals surface area contributed by atoms with E-state index in [1.54, 1.807) is 25.2 Å². The molecular weight excluding hydrogens is 259 g/mol. The maximum absolute atomic E-state index is 12.9. The van der Waals surface area contributed by atoms with Crippen LogP contribution >= 0.6 is 0 Å². The maximum atomic E-state index is 12.9. The number of methoxy groups -OCH3 is 1. The minimum absolute atomic E-state index is 0.248. The van der Waals surface area contributed by atoms with Crippen LogP contribution in [-0.2, 0) is 0 Å². The molecule has 0 unspecified atom stereocenters. The van der Waals surface area contributed by atoms with Crippen molar-refractivity contribution in [3.63, 3.8) is 0 Å². The average Bonchev–Trinajstić information content (AvgIpc) is 2.45. The van der Waals surface area contributed by atoms with Gasteiger partial charge in [-0.05, 0) is 36.4 Å². The number of amides is 1. The van der Waals surface area contributed by atoms with Gasteiger partial charge in [-0.3, -0.25) is 4.79 Å². The summed E-state index contributed by atoms with van der Waals surface area (Å²) < 4.78 is 18.0. The zero-order valence-corrected chi connectivity index (χ0v) is 11.3. The van der Waals surface area contributed by atoms with Crippen LogP contribution in [0.5, 0.6) is 5.75 Å². The van der Waals surface area contributed by atoms with Crippen LogP contribution in [-0.4, -0.2) is 20.1 Å². The molecule has 0 saturated carbocycles. The van der Waals surface area contributed by atoms with Crippen LogP contribution in [0.4, 0.5) is 15.8 Å². The maximum Gasteiger partial charge on any atom is 0.258 e. The Morgan fingerprint density at radius 1 is 1.20 bits per heavy atom. The van der Waals surface area contributed by atoms with Gasteiger partial charge < -0.3 is 15.4 Å². The van der Waals surface area contributed by atoms with Gasteiger partial charge in [-0.15, -0.1) is 0 Å². The summed E-state index contributed by atoms with van der Waals surface area (Å²) in [5.74, 6) is -0.0803. The lowest BCUT2D eigenvalue weighted by molar-refractivity contribution is 0.0992. The largest absolute Gasteiger partial charge is 0.497 e. The summed E-state index contributed by atoms with van der Waals surface area (Å²) in [4.78, 5) is 13.8. The second-order valence-electron chi connectivity index (χ2n) is 4.34. The molecule has 0 saturated heterocycles. The molecular formula is C15H15FN2O2. The molecule has 1 amide bonds. The van der Waals surface area contributed by atoms with Crippen LogP contribution in [0, 0.1) is 5.82 Å². The minimum atomic E-state index is -0.347. The Morgan fingerprint density at radius 2 is 1.85 bits per heavy atom. The van der Waals surface area contributed by atoms with Gasteiger partial charge in [0.1, 0.15) is 11.6 Å². The predicted molar refractivity (Wildman–Crippen MR) is 76.5 cm³/mol. The van der Waals surface area contributed by atoms with Gasteiger partial charge in [-0.25, -0.2) is 4.39 Å². The van der Waals surface area contributed by atoms with Crippen molar-refractivity contribution in [1.82, 2.24) is 0 Å². The number of rotatable bonds is 3. The summed E-state index contributed by atoms with van der Waals surface area (Å²) in [6.45, 7) is 0. The highest BCUT2D eigenvalue weighted by atomic mass is 19.1. The molecule has 0 spiro atoms. The van der Waals surface area contributed by atoms with E-state index in [1.165, 1.54) is 36.3 Å². The number of anilines is 2. The number of nitrogens with two attached hydrogens (primary N) is 1. The molecule has 0 fully saturated rings. The molecule has 0 atom stereocenters. The Morgan fingerprint density at radius 3 is 2.45 bits per heavy atom. The van der Waals surface area contributed by atoms with E-state index in [0.29, 0.717) is 22.7 Å². The monoisotopic (exact) mass is 274 g/mol. The number of carbonyl (C=O) groups excluding carboxylic acids is 1. The summed E-state index contributed by atoms with van der Waals surface area (Å²) in [7, 11) is 3.12. The molecule has 5 heteroatoms. The van der Waals surface area contributed by atoms with Crippen molar-refractivity contribution in [2.24, 2.45) is 0 Å². The van der Waals surface area contributed by atoms with Crippen molar-refractivity contribution in [1.29, 1.82) is 0 Å². The Balaban J connectivity index is 2.30. The van der Waals surface area contributed by atoms with E-state index in [0.717, 1.165) is 0 Å². The number of hydrogen-bond acceptors (Lipinski definition) is 3. The molecule has 0 aliphatic rings. The lowest BCUT2D eigenvalue weighted by atomic mass is 10.1. The van der Waals surface area contributed by atoms with Gasteiger partial charge in [-0.2, -0.15) is 0 Å². The van der Waals surface area contributed by atoms with Gasteiger partial charge in [0.05, 0.1) is 7.11 Å². The Bertz CT molecular complexity index is 626. The third kappa shape index (κ3) is 2.88. The van der Waals surface area contributed by atoms with Crippen LogP contribution in [0.1, 0.15) is 10.4 Å². The molecule has 2 aromatic carbocycles. The smallest absolute Gasteiger partial charge is 0.258 e. The number of nitrogens with zero attached hydrogens (tertiary/aromatic N) is 1. The molecule has 0 aliphatic heterocycles. The number of hydrogen-bond donors (Lipinski definition) is 1. The average molecular weight is 274 g/mol. The highest BCUT2D eigenvalue weighted by molar-refractivity contribution is 6.06. The quantitative estimate of drug-likeness (QED) is 0.875. The van der Waals surface area contributed by atoms with E-state index in [4.69, 9.17) is 10.5 Å². The second kappa shape index (κ2) is 5.61. The zero-order valence-electron chi connectivity index (χ0n) is 11.3. The third-order valence-corrected chi connectivity index (χ3v) is 2.93. The van der Waals surface area contributed by atoms with Gasteiger partial charge in [0.15, 0.2) is 0 Å². The summed E-state index contributed by atoms with van der Waals surface area (Å²) in [6.07, 6.45) is 0. The van der Waals surface area contributed by atoms with Crippen LogP contribution in [0.3, 0.4) is 0 Å². The molecule has 0 radical (unpaired) electrons. The van der Waals surface area contributed by atoms with E-state index in [2.05, 4.69) is 0 Å². The summed E-state index contributed by atoms with van der Waals surface area (Å²) in [5.41, 5.74) is 7.18. The lowest BCUT2D eigenvalue weighted by Crippen LogP contribution is -2.26. The molecule has 20 heavy (non-hydrogen) atoms. The van der Waals surface area contributed by atoms with Gasteiger partial charge in [0.25, 0.3) is 5.91 Å². The van der Waals surface area contributed by atoms with E-state index in [-0.39, 0.29) is 11.7 Å². The normalized spacial score (nSPS) is 10.2. The van der Waals surface area contributed by atoms with Crippen LogP contribution in [0.25, 0.3) is 0 Å².